The Balaban J connectivity index is 3.45. The average Bonchev–Trinajstić information content (AvgIpc) is 1.35. The van der Waals surface area contributed by atoms with Gasteiger partial charge in [0.25, 0.3) is 0 Å². The lowest BCUT2D eigenvalue weighted by Gasteiger charge is -2.36. The molecule has 6 heavy (non-hydrogen) atoms. The molecule has 0 atom stereocenters. The van der Waals surface area contributed by atoms with E-state index in [0.29, 0.717) is 0 Å². The Morgan fingerprint density at radius 2 is 1.83 bits per heavy atom. The first-order valence-corrected chi connectivity index (χ1v) is 1.56. The van der Waals surface area contributed by atoms with E-state index in [0.717, 1.165) is 0 Å². The fourth-order valence-electron chi connectivity index (χ4n) is 0. The lowest BCUT2D eigenvalue weighted by Crippen LogP contribution is -2.15. The Morgan fingerprint density at radius 1 is 1.67 bits per heavy atom. The minimum Gasteiger partial charge on any atom is -0.473 e. The van der Waals surface area contributed by atoms with E-state index in [1.54, 1.807) is 0 Å². The molecule has 0 unspecified atom stereocenters. The second-order valence-electron chi connectivity index (χ2n) is 1.26. The van der Waals surface area contributed by atoms with E-state index in [1.807, 2.05) is 0 Å². The molecule has 0 saturated heterocycles. The first-order valence-electron chi connectivity index (χ1n) is 1.56. The van der Waals surface area contributed by atoms with Gasteiger partial charge in [-0.25, -0.2) is 0 Å². The molecule has 0 amide bonds. The summed E-state index contributed by atoms with van der Waals surface area (Å²) >= 11 is 0. The summed E-state index contributed by atoms with van der Waals surface area (Å²) in [7, 11) is 1.40. The van der Waals surface area contributed by atoms with Crippen LogP contribution in [0.1, 0.15) is 0 Å². The average molecular weight is 86.1 g/mol. The third-order valence-corrected chi connectivity index (χ3v) is 0.365. The molecule has 0 aliphatic rings. The number of hydrogen-bond acceptors (Lipinski definition) is 0. The Bertz CT molecular complexity index is 51.5. The van der Waals surface area contributed by atoms with Crippen molar-refractivity contribution in [2.75, 3.05) is 7.05 Å². The summed E-state index contributed by atoms with van der Waals surface area (Å²) in [5.41, 5.74) is 0. The van der Waals surface area contributed by atoms with Crippen molar-refractivity contribution in [2.45, 2.75) is 0 Å². The second-order valence-corrected chi connectivity index (χ2v) is 1.26. The molecule has 0 spiro atoms. The molecule has 0 aliphatic heterocycles. The smallest absolute Gasteiger partial charge is 0.0692 e. The predicted octanol–water partition coefficient (Wildman–Crippen LogP) is 1.51. The third-order valence-electron chi connectivity index (χ3n) is 0.365. The molecule has 0 aromatic heterocycles. The van der Waals surface area contributed by atoms with Gasteiger partial charge in [0.2, 0.25) is 0 Å². The van der Waals surface area contributed by atoms with Crippen molar-refractivity contribution in [1.29, 1.82) is 0 Å². The van der Waals surface area contributed by atoms with Crippen molar-refractivity contribution in [3.8, 4) is 0 Å². The van der Waals surface area contributed by atoms with Crippen molar-refractivity contribution in [3.05, 3.63) is 24.5 Å². The van der Waals surface area contributed by atoms with Gasteiger partial charge in [0.1, 0.15) is 0 Å². The molecule has 0 rings (SSSR count). The van der Waals surface area contributed by atoms with Crippen molar-refractivity contribution in [3.63, 3.8) is 0 Å². The molecule has 2 N–H and O–H groups in total. The summed E-state index contributed by atoms with van der Waals surface area (Å²) in [6, 6.07) is 0. The minimum absolute atomic E-state index is 0.667. The zero-order valence-corrected chi connectivity index (χ0v) is 3.73. The van der Waals surface area contributed by atoms with E-state index in [4.69, 9.17) is 11.7 Å². The van der Waals surface area contributed by atoms with E-state index >= 15 is 0 Å². The first-order chi connectivity index (χ1) is 2.56. The quantitative estimate of drug-likeness (QED) is 0.343. The van der Waals surface area contributed by atoms with Crippen molar-refractivity contribution < 1.29 is 4.70 Å². The maximum absolute atomic E-state index is 6.67. The van der Waals surface area contributed by atoms with Crippen molar-refractivity contribution >= 4 is 0 Å². The fourth-order valence-corrected chi connectivity index (χ4v) is 0. The molecule has 0 aliphatic carbocycles. The Morgan fingerprint density at radius 3 is 1.83 bits per heavy atom. The molecule has 3 nitrogen and oxygen atoms in total. The van der Waals surface area contributed by atoms with Gasteiger partial charge in [-0.15, -0.1) is 0 Å². The molecule has 0 bridgehead atoms. The fraction of sp³-hybridized carbons (Fsp3) is 0.333. The Kier molecular flexibility index (Phi) is 1.29. The van der Waals surface area contributed by atoms with E-state index in [1.165, 1.54) is 13.2 Å². The van der Waals surface area contributed by atoms with Crippen LogP contribution < -0.4 is 0 Å². The van der Waals surface area contributed by atoms with Gasteiger partial charge in [-0.3, -0.25) is 0 Å². The van der Waals surface area contributed by atoms with Crippen molar-refractivity contribution in [2.24, 2.45) is 0 Å². The molecule has 0 radical (unpaired) electrons. The van der Waals surface area contributed by atoms with E-state index in [-0.39, 0.29) is 0 Å². The van der Waals surface area contributed by atoms with Crippen LogP contribution in [-0.2, 0) is 0 Å². The van der Waals surface area contributed by atoms with Gasteiger partial charge in [-0.2, -0.15) is 0 Å². The van der Waals surface area contributed by atoms with Gasteiger partial charge >= 0.3 is 0 Å². The number of nitrogens with zero attached hydrogens (tertiary/aromatic N) is 1. The van der Waals surface area contributed by atoms with Gasteiger partial charge in [-0.1, -0.05) is 0 Å². The summed E-state index contributed by atoms with van der Waals surface area (Å²) in [5.74, 6) is 13.3. The number of quaternary nitrogens is 1. The second kappa shape index (κ2) is 1.38. The highest BCUT2D eigenvalue weighted by Gasteiger charge is 1.76. The maximum Gasteiger partial charge on any atom is 0.0692 e. The number of hydrogen-bond donors (Lipinski definition) is 0. The summed E-state index contributed by atoms with van der Waals surface area (Å²) in [4.78, 5) is 0. The van der Waals surface area contributed by atoms with E-state index in [9.17, 15) is 0 Å². The topological polar surface area (TPSA) is 47.6 Å². The molecular formula is C3H8N3-. The molecule has 0 fully saturated rings. The molecule has 36 valence electrons. The molecule has 3 heteroatoms. The predicted molar refractivity (Wildman–Crippen MR) is 25.0 cm³/mol. The number of nitrogens with one attached hydrogen (secondary N) is 2. The summed E-state index contributed by atoms with van der Waals surface area (Å²) in [5, 5.41) is 0. The Labute approximate surface area is 37.4 Å². The van der Waals surface area contributed by atoms with Crippen LogP contribution in [0.5, 0.6) is 0 Å². The van der Waals surface area contributed by atoms with Crippen LogP contribution in [0.25, 0.3) is 11.7 Å². The SMILES string of the molecule is C=C[N+](C)([NH-])[NH-]. The third kappa shape index (κ3) is 3.62. The highest BCUT2D eigenvalue weighted by molar-refractivity contribution is 4.52. The van der Waals surface area contributed by atoms with Crippen LogP contribution in [0.15, 0.2) is 12.8 Å². The van der Waals surface area contributed by atoms with Crippen LogP contribution in [0.3, 0.4) is 0 Å². The molecule has 0 aromatic carbocycles. The van der Waals surface area contributed by atoms with Crippen LogP contribution in [0, 0.1) is 0 Å². The Hall–Kier alpha value is -0.380. The van der Waals surface area contributed by atoms with Crippen LogP contribution in [0.2, 0.25) is 0 Å². The molecule has 0 saturated carbocycles. The number of rotatable bonds is 1. The maximum atomic E-state index is 6.67. The molecular weight excluding hydrogens is 78.1 g/mol. The lowest BCUT2D eigenvalue weighted by atomic mass is 10.9. The highest BCUT2D eigenvalue weighted by Crippen LogP contribution is 1.97. The van der Waals surface area contributed by atoms with Crippen LogP contribution in [0.4, 0.5) is 0 Å². The van der Waals surface area contributed by atoms with Crippen LogP contribution in [-0.4, -0.2) is 11.7 Å². The lowest BCUT2D eigenvalue weighted by molar-refractivity contribution is -0.752. The zero-order chi connectivity index (χ0) is 5.21. The van der Waals surface area contributed by atoms with E-state index in [2.05, 4.69) is 6.58 Å². The normalized spacial score (nSPS) is 11.2. The monoisotopic (exact) mass is 86.1 g/mol. The zero-order valence-electron chi connectivity index (χ0n) is 3.73. The van der Waals surface area contributed by atoms with Gasteiger partial charge in [0.05, 0.1) is 13.2 Å². The van der Waals surface area contributed by atoms with E-state index < -0.39 is 4.70 Å². The first kappa shape index (κ1) is 5.62. The highest BCUT2D eigenvalue weighted by atomic mass is 15.7. The van der Waals surface area contributed by atoms with Gasteiger partial charge < -0.3 is 16.4 Å². The summed E-state index contributed by atoms with van der Waals surface area (Å²) in [6.07, 6.45) is 1.21. The summed E-state index contributed by atoms with van der Waals surface area (Å²) in [6.45, 7) is 3.23. The van der Waals surface area contributed by atoms with Gasteiger partial charge in [0.15, 0.2) is 0 Å². The summed E-state index contributed by atoms with van der Waals surface area (Å²) < 4.78 is -0.667. The molecule has 0 aromatic rings. The molecule has 0 heterocycles. The minimum atomic E-state index is -0.667. The van der Waals surface area contributed by atoms with Crippen molar-refractivity contribution in [1.82, 2.24) is 0 Å². The largest absolute Gasteiger partial charge is 0.473 e. The van der Waals surface area contributed by atoms with Gasteiger partial charge in [-0.05, 0) is 6.58 Å². The van der Waals surface area contributed by atoms with Gasteiger partial charge in [0, 0.05) is 0 Å². The standard InChI is InChI=1S/C3H8N3/c1-3-6(2,4)5/h3-5H,1H2,2H3/q-1. The van der Waals surface area contributed by atoms with Crippen LogP contribution >= 0.6 is 0 Å².